The first-order valence-corrected chi connectivity index (χ1v) is 10.5. The number of fused-ring (bicyclic) bond motifs is 1. The minimum Gasteiger partial charge on any atom is -0.355 e. The Balaban J connectivity index is 1.52. The molecule has 4 nitrogen and oxygen atoms in total. The summed E-state index contributed by atoms with van der Waals surface area (Å²) in [6, 6.07) is 28.4. The maximum Gasteiger partial charge on any atom is 0.232 e. The molecule has 0 saturated heterocycles. The van der Waals surface area contributed by atoms with Crippen LogP contribution in [0.25, 0.3) is 11.0 Å². The molecule has 0 aliphatic carbocycles. The lowest BCUT2D eigenvalue weighted by Gasteiger charge is -2.18. The number of benzene rings is 3. The molecule has 0 radical (unpaired) electrons. The standard InChI is InChI=1S/C26H27N3O/c1-19(2)29-23-16-10-9-15-22(23)28-24(29)17-18-27-26(30)25(20-11-5-3-6-12-20)21-13-7-4-8-14-21/h3-16,19,25H,17-18H2,1-2H3,(H,27,30). The molecule has 4 heteroatoms. The number of hydrogen-bond donors (Lipinski definition) is 1. The molecule has 30 heavy (non-hydrogen) atoms. The highest BCUT2D eigenvalue weighted by Crippen LogP contribution is 2.25. The first-order valence-electron chi connectivity index (χ1n) is 10.5. The number of carbonyl (C=O) groups is 1. The van der Waals surface area contributed by atoms with E-state index in [1.54, 1.807) is 0 Å². The molecule has 0 spiro atoms. The Labute approximate surface area is 177 Å². The van der Waals surface area contributed by atoms with Crippen LogP contribution in [-0.2, 0) is 11.2 Å². The van der Waals surface area contributed by atoms with Crippen molar-refractivity contribution < 1.29 is 4.79 Å². The van der Waals surface area contributed by atoms with E-state index < -0.39 is 0 Å². The van der Waals surface area contributed by atoms with Crippen LogP contribution in [0, 0.1) is 0 Å². The van der Waals surface area contributed by atoms with Crippen molar-refractivity contribution in [3.8, 4) is 0 Å². The summed E-state index contributed by atoms with van der Waals surface area (Å²) in [7, 11) is 0. The van der Waals surface area contributed by atoms with E-state index in [2.05, 4.69) is 29.8 Å². The predicted octanol–water partition coefficient (Wildman–Crippen LogP) is 5.11. The third kappa shape index (κ3) is 4.13. The summed E-state index contributed by atoms with van der Waals surface area (Å²) in [4.78, 5) is 18.0. The lowest BCUT2D eigenvalue weighted by molar-refractivity contribution is -0.121. The van der Waals surface area contributed by atoms with Crippen molar-refractivity contribution in [2.24, 2.45) is 0 Å². The highest BCUT2D eigenvalue weighted by atomic mass is 16.1. The summed E-state index contributed by atoms with van der Waals surface area (Å²) in [5.74, 6) is 0.693. The first kappa shape index (κ1) is 19.9. The van der Waals surface area contributed by atoms with E-state index in [4.69, 9.17) is 4.98 Å². The van der Waals surface area contributed by atoms with Crippen molar-refractivity contribution >= 4 is 16.9 Å². The van der Waals surface area contributed by atoms with Crippen LogP contribution < -0.4 is 5.32 Å². The number of aromatic nitrogens is 2. The molecule has 0 saturated carbocycles. The molecule has 0 bridgehead atoms. The smallest absolute Gasteiger partial charge is 0.232 e. The highest BCUT2D eigenvalue weighted by molar-refractivity contribution is 5.87. The third-order valence-electron chi connectivity index (χ3n) is 5.36. The first-order chi connectivity index (χ1) is 14.6. The van der Waals surface area contributed by atoms with E-state index in [1.807, 2.05) is 78.9 Å². The Morgan fingerprint density at radius 3 is 2.03 bits per heavy atom. The number of amides is 1. The molecule has 0 unspecified atom stereocenters. The van der Waals surface area contributed by atoms with E-state index in [0.717, 1.165) is 28.0 Å². The molecule has 1 aromatic heterocycles. The molecular formula is C26H27N3O. The topological polar surface area (TPSA) is 46.9 Å². The molecule has 1 N–H and O–H groups in total. The molecule has 3 aromatic carbocycles. The SMILES string of the molecule is CC(C)n1c(CCNC(=O)C(c2ccccc2)c2ccccc2)nc2ccccc21. The third-order valence-corrected chi connectivity index (χ3v) is 5.36. The summed E-state index contributed by atoms with van der Waals surface area (Å²) in [6.07, 6.45) is 0.689. The monoisotopic (exact) mass is 397 g/mol. The van der Waals surface area contributed by atoms with Crippen LogP contribution in [-0.4, -0.2) is 22.0 Å². The van der Waals surface area contributed by atoms with Crippen molar-refractivity contribution in [2.75, 3.05) is 6.54 Å². The highest BCUT2D eigenvalue weighted by Gasteiger charge is 2.22. The van der Waals surface area contributed by atoms with Crippen LogP contribution in [0.1, 0.15) is 42.8 Å². The van der Waals surface area contributed by atoms with Crippen LogP contribution >= 0.6 is 0 Å². The Morgan fingerprint density at radius 2 is 1.43 bits per heavy atom. The van der Waals surface area contributed by atoms with Gasteiger partial charge in [-0.1, -0.05) is 72.8 Å². The van der Waals surface area contributed by atoms with Gasteiger partial charge in [0.2, 0.25) is 5.91 Å². The van der Waals surface area contributed by atoms with Gasteiger partial charge in [-0.3, -0.25) is 4.79 Å². The van der Waals surface area contributed by atoms with Gasteiger partial charge in [0, 0.05) is 19.0 Å². The van der Waals surface area contributed by atoms with Gasteiger partial charge < -0.3 is 9.88 Å². The van der Waals surface area contributed by atoms with E-state index in [1.165, 1.54) is 0 Å². The summed E-state index contributed by atoms with van der Waals surface area (Å²) >= 11 is 0. The fourth-order valence-corrected chi connectivity index (χ4v) is 4.03. The Morgan fingerprint density at radius 1 is 0.867 bits per heavy atom. The van der Waals surface area contributed by atoms with Crippen molar-refractivity contribution in [1.29, 1.82) is 0 Å². The van der Waals surface area contributed by atoms with Gasteiger partial charge in [-0.05, 0) is 37.1 Å². The maximum atomic E-state index is 13.2. The minimum atomic E-state index is -0.323. The number of imidazole rings is 1. The number of carbonyl (C=O) groups excluding carboxylic acids is 1. The van der Waals surface area contributed by atoms with Crippen molar-refractivity contribution in [3.63, 3.8) is 0 Å². The quantitative estimate of drug-likeness (QED) is 0.471. The van der Waals surface area contributed by atoms with Gasteiger partial charge in [0.05, 0.1) is 17.0 Å². The largest absolute Gasteiger partial charge is 0.355 e. The number of rotatable bonds is 7. The Kier molecular flexibility index (Phi) is 5.94. The van der Waals surface area contributed by atoms with Gasteiger partial charge in [0.1, 0.15) is 5.82 Å². The van der Waals surface area contributed by atoms with E-state index in [0.29, 0.717) is 19.0 Å². The second-order valence-electron chi connectivity index (χ2n) is 7.78. The molecular weight excluding hydrogens is 370 g/mol. The Hall–Kier alpha value is -3.40. The van der Waals surface area contributed by atoms with Gasteiger partial charge >= 0.3 is 0 Å². The van der Waals surface area contributed by atoms with Crippen molar-refractivity contribution in [3.05, 3.63) is 102 Å². The number of hydrogen-bond acceptors (Lipinski definition) is 2. The van der Waals surface area contributed by atoms with Gasteiger partial charge in [0.25, 0.3) is 0 Å². The predicted molar refractivity (Wildman–Crippen MR) is 122 cm³/mol. The van der Waals surface area contributed by atoms with Crippen molar-refractivity contribution in [2.45, 2.75) is 32.2 Å². The van der Waals surface area contributed by atoms with Crippen LogP contribution in [0.4, 0.5) is 0 Å². The van der Waals surface area contributed by atoms with Gasteiger partial charge in [0.15, 0.2) is 0 Å². The molecule has 0 fully saturated rings. The van der Waals surface area contributed by atoms with Crippen LogP contribution in [0.15, 0.2) is 84.9 Å². The molecule has 1 heterocycles. The lowest BCUT2D eigenvalue weighted by Crippen LogP contribution is -2.32. The fraction of sp³-hybridized carbons (Fsp3) is 0.231. The average Bonchev–Trinajstić information content (AvgIpc) is 3.14. The van der Waals surface area contributed by atoms with E-state index >= 15 is 0 Å². The zero-order valence-corrected chi connectivity index (χ0v) is 17.5. The van der Waals surface area contributed by atoms with Crippen LogP contribution in [0.2, 0.25) is 0 Å². The number of para-hydroxylation sites is 2. The Bertz CT molecular complexity index is 1080. The summed E-state index contributed by atoms with van der Waals surface area (Å²) in [6.45, 7) is 4.87. The minimum absolute atomic E-state index is 0.0135. The molecule has 0 atom stereocenters. The molecule has 4 rings (SSSR count). The molecule has 1 amide bonds. The van der Waals surface area contributed by atoms with Gasteiger partial charge in [-0.15, -0.1) is 0 Å². The van der Waals surface area contributed by atoms with E-state index in [-0.39, 0.29) is 11.8 Å². The summed E-state index contributed by atoms with van der Waals surface area (Å²) in [5, 5.41) is 3.15. The molecule has 0 aliphatic heterocycles. The summed E-state index contributed by atoms with van der Waals surface area (Å²) < 4.78 is 2.26. The van der Waals surface area contributed by atoms with Crippen LogP contribution in [0.5, 0.6) is 0 Å². The second-order valence-corrected chi connectivity index (χ2v) is 7.78. The normalized spacial score (nSPS) is 11.3. The molecule has 0 aliphatic rings. The maximum absolute atomic E-state index is 13.2. The zero-order chi connectivity index (χ0) is 20.9. The van der Waals surface area contributed by atoms with Crippen molar-refractivity contribution in [1.82, 2.24) is 14.9 Å². The van der Waals surface area contributed by atoms with Gasteiger partial charge in [-0.2, -0.15) is 0 Å². The summed E-state index contributed by atoms with van der Waals surface area (Å²) in [5.41, 5.74) is 4.13. The second kappa shape index (κ2) is 8.95. The lowest BCUT2D eigenvalue weighted by atomic mass is 9.90. The molecule has 4 aromatic rings. The number of nitrogens with one attached hydrogen (secondary N) is 1. The average molecular weight is 398 g/mol. The van der Waals surface area contributed by atoms with E-state index in [9.17, 15) is 4.79 Å². The van der Waals surface area contributed by atoms with Gasteiger partial charge in [-0.25, -0.2) is 4.98 Å². The van der Waals surface area contributed by atoms with Crippen LogP contribution in [0.3, 0.4) is 0 Å². The zero-order valence-electron chi connectivity index (χ0n) is 17.5. The molecule has 152 valence electrons. The fourth-order valence-electron chi connectivity index (χ4n) is 4.03. The number of nitrogens with zero attached hydrogens (tertiary/aromatic N) is 2.